The van der Waals surface area contributed by atoms with Gasteiger partial charge in [0.25, 0.3) is 0 Å². The van der Waals surface area contributed by atoms with Gasteiger partial charge in [-0.25, -0.2) is 4.98 Å². The molecule has 0 aromatic carbocycles. The van der Waals surface area contributed by atoms with Gasteiger partial charge in [-0.3, -0.25) is 4.79 Å². The molecule has 1 aliphatic rings. The maximum Gasteiger partial charge on any atom is 0.234 e. The van der Waals surface area contributed by atoms with E-state index in [0.29, 0.717) is 5.75 Å². The smallest absolute Gasteiger partial charge is 0.234 e. The first-order valence-corrected chi connectivity index (χ1v) is 4.64. The molecule has 0 spiro atoms. The zero-order valence-electron chi connectivity index (χ0n) is 6.63. The lowest BCUT2D eigenvalue weighted by molar-refractivity contribution is -0.113. The van der Waals surface area contributed by atoms with Crippen LogP contribution in [0.1, 0.15) is 5.56 Å². The van der Waals surface area contributed by atoms with Gasteiger partial charge in [-0.2, -0.15) is 0 Å². The average Bonchev–Trinajstić information content (AvgIpc) is 2.07. The standard InChI is InChI=1S/C8H8N2OS/c1-5-2-3-9-8-7(5)10-6(11)4-12-8/h2-3H,4H2,1H3,(H,10,11). The Labute approximate surface area is 74.6 Å². The highest BCUT2D eigenvalue weighted by atomic mass is 32.2. The Bertz CT molecular complexity index is 338. The summed E-state index contributed by atoms with van der Waals surface area (Å²) >= 11 is 1.49. The number of thioether (sulfide) groups is 1. The predicted octanol–water partition coefficient (Wildman–Crippen LogP) is 1.43. The Hall–Kier alpha value is -1.03. The van der Waals surface area contributed by atoms with Gasteiger partial charge in [0.1, 0.15) is 5.03 Å². The number of rotatable bonds is 0. The van der Waals surface area contributed by atoms with Crippen LogP contribution in [0.15, 0.2) is 17.3 Å². The quantitative estimate of drug-likeness (QED) is 0.656. The summed E-state index contributed by atoms with van der Waals surface area (Å²) in [6, 6.07) is 1.89. The number of fused-ring (bicyclic) bond motifs is 1. The molecular formula is C8H8N2OS. The summed E-state index contributed by atoms with van der Waals surface area (Å²) in [5.41, 5.74) is 1.94. The fourth-order valence-electron chi connectivity index (χ4n) is 1.10. The third-order valence-corrected chi connectivity index (χ3v) is 2.72. The van der Waals surface area contributed by atoms with E-state index in [4.69, 9.17) is 0 Å². The zero-order chi connectivity index (χ0) is 8.55. The zero-order valence-corrected chi connectivity index (χ0v) is 7.44. The minimum atomic E-state index is 0.0589. The van der Waals surface area contributed by atoms with Gasteiger partial charge in [-0.1, -0.05) is 11.8 Å². The normalized spacial score (nSPS) is 15.2. The lowest BCUT2D eigenvalue weighted by Crippen LogP contribution is -2.20. The minimum absolute atomic E-state index is 0.0589. The van der Waals surface area contributed by atoms with Crippen LogP contribution in [0.2, 0.25) is 0 Å². The Kier molecular flexibility index (Phi) is 1.77. The van der Waals surface area contributed by atoms with E-state index in [1.54, 1.807) is 6.20 Å². The second-order valence-corrected chi connectivity index (χ2v) is 3.61. The molecule has 0 aliphatic carbocycles. The molecule has 0 saturated heterocycles. The number of carbonyl (C=O) groups excluding carboxylic acids is 1. The van der Waals surface area contributed by atoms with E-state index < -0.39 is 0 Å². The summed E-state index contributed by atoms with van der Waals surface area (Å²) < 4.78 is 0. The summed E-state index contributed by atoms with van der Waals surface area (Å²) in [6.45, 7) is 1.96. The fraction of sp³-hybridized carbons (Fsp3) is 0.250. The Morgan fingerprint density at radius 2 is 2.50 bits per heavy atom. The van der Waals surface area contributed by atoms with Crippen LogP contribution in [0.5, 0.6) is 0 Å². The van der Waals surface area contributed by atoms with Crippen LogP contribution in [-0.2, 0) is 4.79 Å². The number of nitrogens with zero attached hydrogens (tertiary/aromatic N) is 1. The van der Waals surface area contributed by atoms with Crippen LogP contribution in [0.3, 0.4) is 0 Å². The lowest BCUT2D eigenvalue weighted by Gasteiger charge is -2.16. The van der Waals surface area contributed by atoms with Gasteiger partial charge in [0.2, 0.25) is 5.91 Å². The Morgan fingerprint density at radius 3 is 3.33 bits per heavy atom. The second kappa shape index (κ2) is 2.79. The molecule has 0 fully saturated rings. The number of hydrogen-bond acceptors (Lipinski definition) is 3. The molecule has 2 rings (SSSR count). The molecule has 0 saturated carbocycles. The van der Waals surface area contributed by atoms with Crippen molar-refractivity contribution in [1.29, 1.82) is 0 Å². The number of carbonyl (C=O) groups is 1. The van der Waals surface area contributed by atoms with Gasteiger partial charge in [0, 0.05) is 6.20 Å². The van der Waals surface area contributed by atoms with E-state index >= 15 is 0 Å². The highest BCUT2D eigenvalue weighted by molar-refractivity contribution is 8.00. The van der Waals surface area contributed by atoms with Gasteiger partial charge in [-0.05, 0) is 18.6 Å². The summed E-state index contributed by atoms with van der Waals surface area (Å²) in [4.78, 5) is 15.2. The molecule has 2 heterocycles. The summed E-state index contributed by atoms with van der Waals surface area (Å²) in [7, 11) is 0. The number of hydrogen-bond donors (Lipinski definition) is 1. The van der Waals surface area contributed by atoms with E-state index in [-0.39, 0.29) is 5.91 Å². The first-order valence-electron chi connectivity index (χ1n) is 3.65. The molecule has 0 atom stereocenters. The first kappa shape index (κ1) is 7.61. The van der Waals surface area contributed by atoms with Crippen molar-refractivity contribution in [1.82, 2.24) is 4.98 Å². The van der Waals surface area contributed by atoms with Crippen molar-refractivity contribution in [2.24, 2.45) is 0 Å². The average molecular weight is 180 g/mol. The third kappa shape index (κ3) is 1.18. The lowest BCUT2D eigenvalue weighted by atomic mass is 10.2. The molecule has 62 valence electrons. The number of nitrogens with one attached hydrogen (secondary N) is 1. The van der Waals surface area contributed by atoms with Crippen LogP contribution >= 0.6 is 11.8 Å². The molecular weight excluding hydrogens is 172 g/mol. The van der Waals surface area contributed by atoms with Crippen molar-refractivity contribution in [3.8, 4) is 0 Å². The van der Waals surface area contributed by atoms with Crippen LogP contribution in [0.4, 0.5) is 5.69 Å². The number of aryl methyl sites for hydroxylation is 1. The maximum atomic E-state index is 11.0. The molecule has 1 amide bonds. The largest absolute Gasteiger partial charge is 0.323 e. The van der Waals surface area contributed by atoms with E-state index in [1.807, 2.05) is 13.0 Å². The van der Waals surface area contributed by atoms with Gasteiger partial charge in [0.05, 0.1) is 11.4 Å². The molecule has 0 bridgehead atoms. The number of anilines is 1. The van der Waals surface area contributed by atoms with E-state index in [1.165, 1.54) is 11.8 Å². The number of aromatic nitrogens is 1. The molecule has 4 heteroatoms. The topological polar surface area (TPSA) is 42.0 Å². The molecule has 3 nitrogen and oxygen atoms in total. The van der Waals surface area contributed by atoms with Gasteiger partial charge >= 0.3 is 0 Å². The fourth-order valence-corrected chi connectivity index (χ4v) is 1.94. The van der Waals surface area contributed by atoms with E-state index in [0.717, 1.165) is 16.3 Å². The van der Waals surface area contributed by atoms with Crippen molar-refractivity contribution in [3.63, 3.8) is 0 Å². The van der Waals surface area contributed by atoms with Crippen molar-refractivity contribution < 1.29 is 4.79 Å². The summed E-state index contributed by atoms with van der Waals surface area (Å²) in [6.07, 6.45) is 1.76. The Morgan fingerprint density at radius 1 is 1.67 bits per heavy atom. The van der Waals surface area contributed by atoms with Crippen LogP contribution in [0.25, 0.3) is 0 Å². The molecule has 1 aromatic heterocycles. The predicted molar refractivity (Wildman–Crippen MR) is 48.3 cm³/mol. The number of amides is 1. The van der Waals surface area contributed by atoms with Crippen LogP contribution < -0.4 is 5.32 Å². The highest BCUT2D eigenvalue weighted by Gasteiger charge is 2.17. The first-order chi connectivity index (χ1) is 5.77. The van der Waals surface area contributed by atoms with Crippen molar-refractivity contribution in [2.45, 2.75) is 11.9 Å². The minimum Gasteiger partial charge on any atom is -0.323 e. The highest BCUT2D eigenvalue weighted by Crippen LogP contribution is 2.31. The molecule has 1 aromatic rings. The second-order valence-electron chi connectivity index (χ2n) is 2.64. The maximum absolute atomic E-state index is 11.0. The van der Waals surface area contributed by atoms with Crippen molar-refractivity contribution >= 4 is 23.4 Å². The van der Waals surface area contributed by atoms with Crippen molar-refractivity contribution in [3.05, 3.63) is 17.8 Å². The van der Waals surface area contributed by atoms with E-state index in [2.05, 4.69) is 10.3 Å². The van der Waals surface area contributed by atoms with Crippen molar-refractivity contribution in [2.75, 3.05) is 11.1 Å². The monoisotopic (exact) mass is 180 g/mol. The number of pyridine rings is 1. The summed E-state index contributed by atoms with van der Waals surface area (Å²) in [5, 5.41) is 3.73. The molecule has 12 heavy (non-hydrogen) atoms. The van der Waals surface area contributed by atoms with Gasteiger partial charge in [0.15, 0.2) is 0 Å². The summed E-state index contributed by atoms with van der Waals surface area (Å²) in [5.74, 6) is 0.535. The SMILES string of the molecule is Cc1ccnc2c1NC(=O)CS2. The molecule has 0 unspecified atom stereocenters. The van der Waals surface area contributed by atoms with E-state index in [9.17, 15) is 4.79 Å². The van der Waals surface area contributed by atoms with Crippen LogP contribution in [0, 0.1) is 6.92 Å². The molecule has 0 radical (unpaired) electrons. The Balaban J connectivity index is 2.50. The van der Waals surface area contributed by atoms with Gasteiger partial charge in [-0.15, -0.1) is 0 Å². The van der Waals surface area contributed by atoms with Crippen LogP contribution in [-0.4, -0.2) is 16.6 Å². The van der Waals surface area contributed by atoms with Gasteiger partial charge < -0.3 is 5.32 Å². The third-order valence-electron chi connectivity index (χ3n) is 1.73. The molecule has 1 N–H and O–H groups in total. The molecule has 1 aliphatic heterocycles.